The van der Waals surface area contributed by atoms with Gasteiger partial charge in [-0.05, 0) is 66.2 Å². The van der Waals surface area contributed by atoms with Crippen molar-refractivity contribution in [3.63, 3.8) is 0 Å². The topological polar surface area (TPSA) is 97.4 Å². The normalized spacial score (nSPS) is 11.6. The van der Waals surface area contributed by atoms with Gasteiger partial charge in [0.05, 0.1) is 22.0 Å². The van der Waals surface area contributed by atoms with Crippen LogP contribution in [0.25, 0.3) is 11.3 Å². The molecular weight excluding hydrogens is 502 g/mol. The van der Waals surface area contributed by atoms with Gasteiger partial charge >= 0.3 is 6.36 Å². The van der Waals surface area contributed by atoms with Crippen LogP contribution in [-0.2, 0) is 21.2 Å². The standard InChI is InChI=1S/C24H21F4N3O4S/c1-16(29-12-13-36(33,34)21-8-4-19(25)5-9-21)23(32)31-15-17-10-11-30-22(14-17)18-2-6-20(7-3-18)35-24(26,27)28/h2-11,14,29H,1,12-13,15H2,(H,31,32). The molecule has 190 valence electrons. The molecule has 3 aromatic rings. The predicted octanol–water partition coefficient (Wildman–Crippen LogP) is 3.98. The van der Waals surface area contributed by atoms with Gasteiger partial charge < -0.3 is 15.4 Å². The first-order chi connectivity index (χ1) is 16.9. The minimum atomic E-state index is -4.78. The minimum absolute atomic E-state index is 0.0308. The number of hydrogen-bond acceptors (Lipinski definition) is 6. The molecule has 1 aromatic heterocycles. The van der Waals surface area contributed by atoms with Crippen LogP contribution in [0.2, 0.25) is 0 Å². The summed E-state index contributed by atoms with van der Waals surface area (Å²) in [5.41, 5.74) is 1.64. The SMILES string of the molecule is C=C(NCCS(=O)(=O)c1ccc(F)cc1)C(=O)NCc1ccnc(-c2ccc(OC(F)(F)F)cc2)c1. The summed E-state index contributed by atoms with van der Waals surface area (Å²) < 4.78 is 78.3. The highest BCUT2D eigenvalue weighted by Gasteiger charge is 2.31. The van der Waals surface area contributed by atoms with Gasteiger partial charge in [0, 0.05) is 24.8 Å². The molecule has 0 aliphatic carbocycles. The fourth-order valence-corrected chi connectivity index (χ4v) is 4.19. The monoisotopic (exact) mass is 523 g/mol. The lowest BCUT2D eigenvalue weighted by atomic mass is 10.1. The van der Waals surface area contributed by atoms with Crippen LogP contribution in [0, 0.1) is 5.82 Å². The molecule has 7 nitrogen and oxygen atoms in total. The fourth-order valence-electron chi connectivity index (χ4n) is 3.03. The number of halogens is 4. The van der Waals surface area contributed by atoms with E-state index in [4.69, 9.17) is 0 Å². The van der Waals surface area contributed by atoms with Crippen molar-refractivity contribution in [3.05, 3.63) is 90.5 Å². The van der Waals surface area contributed by atoms with E-state index in [1.165, 1.54) is 42.6 Å². The summed E-state index contributed by atoms with van der Waals surface area (Å²) in [5.74, 6) is -1.79. The van der Waals surface area contributed by atoms with E-state index >= 15 is 0 Å². The highest BCUT2D eigenvalue weighted by Crippen LogP contribution is 2.26. The lowest BCUT2D eigenvalue weighted by Crippen LogP contribution is -2.33. The van der Waals surface area contributed by atoms with Gasteiger partial charge in [0.25, 0.3) is 5.91 Å². The third-order valence-corrected chi connectivity index (χ3v) is 6.55. The molecule has 0 aliphatic heterocycles. The number of amides is 1. The van der Waals surface area contributed by atoms with E-state index in [9.17, 15) is 30.8 Å². The summed E-state index contributed by atoms with van der Waals surface area (Å²) in [6, 6.07) is 12.9. The molecule has 0 atom stereocenters. The summed E-state index contributed by atoms with van der Waals surface area (Å²) in [4.78, 5) is 16.5. The Morgan fingerprint density at radius 1 is 1.00 bits per heavy atom. The number of sulfone groups is 1. The summed E-state index contributed by atoms with van der Waals surface area (Å²) in [6.07, 6.45) is -3.29. The van der Waals surface area contributed by atoms with E-state index in [-0.39, 0.29) is 35.2 Å². The Kier molecular flexibility index (Phi) is 8.30. The number of aromatic nitrogens is 1. The third kappa shape index (κ3) is 7.80. The number of hydrogen-bond donors (Lipinski definition) is 2. The van der Waals surface area contributed by atoms with E-state index in [2.05, 4.69) is 26.9 Å². The lowest BCUT2D eigenvalue weighted by molar-refractivity contribution is -0.274. The lowest BCUT2D eigenvalue weighted by Gasteiger charge is -2.12. The van der Waals surface area contributed by atoms with Crippen LogP contribution in [-0.4, -0.2) is 38.0 Å². The highest BCUT2D eigenvalue weighted by atomic mass is 32.2. The van der Waals surface area contributed by atoms with E-state index in [0.29, 0.717) is 16.8 Å². The molecule has 1 amide bonds. The number of pyridine rings is 1. The average molecular weight is 524 g/mol. The predicted molar refractivity (Wildman–Crippen MR) is 124 cm³/mol. The molecule has 1 heterocycles. The molecule has 12 heteroatoms. The van der Waals surface area contributed by atoms with Crippen LogP contribution in [0.3, 0.4) is 0 Å². The van der Waals surface area contributed by atoms with Crippen LogP contribution in [0.15, 0.2) is 84.0 Å². The van der Waals surface area contributed by atoms with E-state index in [1.54, 1.807) is 12.1 Å². The first-order valence-electron chi connectivity index (χ1n) is 10.4. The molecule has 0 fully saturated rings. The van der Waals surface area contributed by atoms with Crippen LogP contribution in [0.1, 0.15) is 5.56 Å². The number of nitrogens with zero attached hydrogens (tertiary/aromatic N) is 1. The molecule has 36 heavy (non-hydrogen) atoms. The molecule has 0 spiro atoms. The fraction of sp³-hybridized carbons (Fsp3) is 0.167. The Hall–Kier alpha value is -3.93. The number of benzene rings is 2. The van der Waals surface area contributed by atoms with E-state index < -0.39 is 27.9 Å². The van der Waals surface area contributed by atoms with Crippen LogP contribution < -0.4 is 15.4 Å². The van der Waals surface area contributed by atoms with Crippen molar-refractivity contribution >= 4 is 15.7 Å². The molecular formula is C24H21F4N3O4S. The van der Waals surface area contributed by atoms with Crippen molar-refractivity contribution in [3.8, 4) is 17.0 Å². The number of rotatable bonds is 10. The maximum atomic E-state index is 13.0. The maximum Gasteiger partial charge on any atom is 0.573 e. The third-order valence-electron chi connectivity index (χ3n) is 4.82. The molecule has 0 saturated heterocycles. The van der Waals surface area contributed by atoms with Gasteiger partial charge in [-0.25, -0.2) is 12.8 Å². The molecule has 0 saturated carbocycles. The number of nitrogens with one attached hydrogen (secondary N) is 2. The second kappa shape index (κ2) is 11.2. The Bertz CT molecular complexity index is 1330. The Morgan fingerprint density at radius 3 is 2.31 bits per heavy atom. The quantitative estimate of drug-likeness (QED) is 0.237. The Morgan fingerprint density at radius 2 is 1.67 bits per heavy atom. The summed E-state index contributed by atoms with van der Waals surface area (Å²) in [7, 11) is -3.67. The molecule has 0 radical (unpaired) electrons. The van der Waals surface area contributed by atoms with Crippen LogP contribution in [0.5, 0.6) is 5.75 Å². The van der Waals surface area contributed by atoms with Crippen LogP contribution >= 0.6 is 0 Å². The molecule has 0 bridgehead atoms. The van der Waals surface area contributed by atoms with Crippen LogP contribution in [0.4, 0.5) is 17.6 Å². The second-order valence-electron chi connectivity index (χ2n) is 7.48. The summed E-state index contributed by atoms with van der Waals surface area (Å²) in [5, 5.41) is 5.28. The number of ether oxygens (including phenoxy) is 1. The molecule has 3 rings (SSSR count). The molecule has 0 unspecified atom stereocenters. The second-order valence-corrected chi connectivity index (χ2v) is 9.59. The van der Waals surface area contributed by atoms with E-state index in [1.807, 2.05) is 0 Å². The van der Waals surface area contributed by atoms with Crippen molar-refractivity contribution in [1.82, 2.24) is 15.6 Å². The molecule has 2 aromatic carbocycles. The minimum Gasteiger partial charge on any atom is -0.406 e. The van der Waals surface area contributed by atoms with Gasteiger partial charge in [0.2, 0.25) is 0 Å². The Balaban J connectivity index is 1.50. The first kappa shape index (κ1) is 26.7. The van der Waals surface area contributed by atoms with Crippen molar-refractivity contribution in [2.24, 2.45) is 0 Å². The highest BCUT2D eigenvalue weighted by molar-refractivity contribution is 7.91. The van der Waals surface area contributed by atoms with Gasteiger partial charge in [0.1, 0.15) is 11.6 Å². The van der Waals surface area contributed by atoms with Gasteiger partial charge in [0.15, 0.2) is 9.84 Å². The zero-order valence-electron chi connectivity index (χ0n) is 18.7. The Labute approximate surface area is 204 Å². The number of alkyl halides is 3. The van der Waals surface area contributed by atoms with Gasteiger partial charge in [-0.1, -0.05) is 6.58 Å². The number of carbonyl (C=O) groups is 1. The van der Waals surface area contributed by atoms with Crippen molar-refractivity contribution < 1.29 is 35.5 Å². The van der Waals surface area contributed by atoms with Crippen molar-refractivity contribution in [2.75, 3.05) is 12.3 Å². The maximum absolute atomic E-state index is 13.0. The summed E-state index contributed by atoms with van der Waals surface area (Å²) >= 11 is 0. The van der Waals surface area contributed by atoms with Gasteiger partial charge in [-0.2, -0.15) is 0 Å². The smallest absolute Gasteiger partial charge is 0.406 e. The number of carbonyl (C=O) groups excluding carboxylic acids is 1. The molecule has 2 N–H and O–H groups in total. The van der Waals surface area contributed by atoms with Gasteiger partial charge in [-0.15, -0.1) is 13.2 Å². The van der Waals surface area contributed by atoms with Crippen molar-refractivity contribution in [2.45, 2.75) is 17.8 Å². The van der Waals surface area contributed by atoms with Crippen molar-refractivity contribution in [1.29, 1.82) is 0 Å². The molecule has 0 aliphatic rings. The first-order valence-corrected chi connectivity index (χ1v) is 12.1. The van der Waals surface area contributed by atoms with Gasteiger partial charge in [-0.3, -0.25) is 9.78 Å². The summed E-state index contributed by atoms with van der Waals surface area (Å²) in [6.45, 7) is 3.61. The van der Waals surface area contributed by atoms with E-state index in [0.717, 1.165) is 12.1 Å². The zero-order chi connectivity index (χ0) is 26.3. The largest absolute Gasteiger partial charge is 0.573 e. The zero-order valence-corrected chi connectivity index (χ0v) is 19.5. The average Bonchev–Trinajstić information content (AvgIpc) is 2.82.